The van der Waals surface area contributed by atoms with Gasteiger partial charge in [-0.05, 0) is 18.2 Å². The molecule has 0 saturated carbocycles. The van der Waals surface area contributed by atoms with E-state index in [-0.39, 0.29) is 23.4 Å². The summed E-state index contributed by atoms with van der Waals surface area (Å²) in [7, 11) is 0. The summed E-state index contributed by atoms with van der Waals surface area (Å²) in [6.07, 6.45) is 0. The molecule has 2 nitrogen and oxygen atoms in total. The molecule has 1 N–H and O–H groups in total. The zero-order chi connectivity index (χ0) is 13.8. The van der Waals surface area contributed by atoms with Crippen molar-refractivity contribution in [2.75, 3.05) is 5.32 Å². The van der Waals surface area contributed by atoms with Gasteiger partial charge in [-0.1, -0.05) is 12.1 Å². The van der Waals surface area contributed by atoms with Crippen LogP contribution in [0, 0.1) is 28.8 Å². The number of halogens is 3. The van der Waals surface area contributed by atoms with E-state index in [1.807, 2.05) is 0 Å². The lowest BCUT2D eigenvalue weighted by Gasteiger charge is -2.09. The molecule has 0 aliphatic rings. The first kappa shape index (κ1) is 13.0. The number of rotatable bonds is 3. The molecule has 0 aliphatic heterocycles. The molecule has 0 saturated heterocycles. The van der Waals surface area contributed by atoms with Gasteiger partial charge in [0.05, 0.1) is 11.3 Å². The summed E-state index contributed by atoms with van der Waals surface area (Å²) in [5, 5.41) is 11.3. The highest BCUT2D eigenvalue weighted by Crippen LogP contribution is 2.18. The van der Waals surface area contributed by atoms with Gasteiger partial charge in [0.15, 0.2) is 0 Å². The Morgan fingerprint density at radius 3 is 2.58 bits per heavy atom. The van der Waals surface area contributed by atoms with E-state index in [0.29, 0.717) is 0 Å². The molecule has 0 atom stereocenters. The Morgan fingerprint density at radius 1 is 1.11 bits per heavy atom. The highest BCUT2D eigenvalue weighted by molar-refractivity contribution is 5.46. The highest BCUT2D eigenvalue weighted by atomic mass is 19.1. The van der Waals surface area contributed by atoms with Crippen LogP contribution in [0.15, 0.2) is 36.4 Å². The second-order valence-corrected chi connectivity index (χ2v) is 3.87. The molecule has 0 heterocycles. The quantitative estimate of drug-likeness (QED) is 0.917. The van der Waals surface area contributed by atoms with Crippen molar-refractivity contribution in [3.05, 3.63) is 65.0 Å². The lowest BCUT2D eigenvalue weighted by Crippen LogP contribution is -2.04. The third-order valence-electron chi connectivity index (χ3n) is 2.60. The first-order chi connectivity index (χ1) is 9.11. The van der Waals surface area contributed by atoms with Gasteiger partial charge in [0, 0.05) is 18.2 Å². The van der Waals surface area contributed by atoms with Crippen LogP contribution in [-0.4, -0.2) is 0 Å². The van der Waals surface area contributed by atoms with Gasteiger partial charge in [0.2, 0.25) is 0 Å². The first-order valence-electron chi connectivity index (χ1n) is 5.48. The molecule has 96 valence electrons. The van der Waals surface area contributed by atoms with Gasteiger partial charge in [0.25, 0.3) is 0 Å². The van der Waals surface area contributed by atoms with Crippen molar-refractivity contribution < 1.29 is 13.2 Å². The minimum Gasteiger partial charge on any atom is -0.378 e. The monoisotopic (exact) mass is 262 g/mol. The average Bonchev–Trinajstić information content (AvgIpc) is 2.39. The second kappa shape index (κ2) is 5.44. The number of hydrogen-bond donors (Lipinski definition) is 1. The molecule has 2 aromatic rings. The van der Waals surface area contributed by atoms with E-state index in [4.69, 9.17) is 5.26 Å². The third-order valence-corrected chi connectivity index (χ3v) is 2.60. The van der Waals surface area contributed by atoms with Gasteiger partial charge in [-0.2, -0.15) is 5.26 Å². The van der Waals surface area contributed by atoms with Crippen LogP contribution in [-0.2, 0) is 6.54 Å². The summed E-state index contributed by atoms with van der Waals surface area (Å²) in [4.78, 5) is 0. The largest absolute Gasteiger partial charge is 0.378 e. The lowest BCUT2D eigenvalue weighted by molar-refractivity contribution is 0.584. The average molecular weight is 262 g/mol. The summed E-state index contributed by atoms with van der Waals surface area (Å²) in [5.74, 6) is -2.07. The van der Waals surface area contributed by atoms with Gasteiger partial charge in [0.1, 0.15) is 23.5 Å². The fourth-order valence-corrected chi connectivity index (χ4v) is 1.63. The van der Waals surface area contributed by atoms with Crippen LogP contribution >= 0.6 is 0 Å². The number of nitrogens with one attached hydrogen (secondary N) is 1. The summed E-state index contributed by atoms with van der Waals surface area (Å²) < 4.78 is 39.8. The van der Waals surface area contributed by atoms with Crippen LogP contribution in [0.4, 0.5) is 18.9 Å². The Balaban J connectivity index is 2.17. The highest BCUT2D eigenvalue weighted by Gasteiger charge is 2.08. The molecule has 0 bridgehead atoms. The third kappa shape index (κ3) is 2.86. The van der Waals surface area contributed by atoms with Crippen molar-refractivity contribution in [1.29, 1.82) is 5.26 Å². The van der Waals surface area contributed by atoms with Crippen LogP contribution in [0.5, 0.6) is 0 Å². The zero-order valence-electron chi connectivity index (χ0n) is 9.75. The standard InChI is InChI=1S/C14H9F3N2/c15-11-4-5-13(12(16)6-11)19-8-10-3-1-2-9(7-18)14(10)17/h1-6,19H,8H2. The van der Waals surface area contributed by atoms with Gasteiger partial charge < -0.3 is 5.32 Å². The fraction of sp³-hybridized carbons (Fsp3) is 0.0714. The minimum atomic E-state index is -0.753. The number of anilines is 1. The smallest absolute Gasteiger partial charge is 0.149 e. The van der Waals surface area contributed by atoms with Crippen molar-refractivity contribution in [1.82, 2.24) is 0 Å². The molecular weight excluding hydrogens is 253 g/mol. The van der Waals surface area contributed by atoms with Crippen LogP contribution < -0.4 is 5.32 Å². The molecule has 2 rings (SSSR count). The Morgan fingerprint density at radius 2 is 1.89 bits per heavy atom. The van der Waals surface area contributed by atoms with Crippen LogP contribution in [0.1, 0.15) is 11.1 Å². The second-order valence-electron chi connectivity index (χ2n) is 3.87. The van der Waals surface area contributed by atoms with Crippen LogP contribution in [0.25, 0.3) is 0 Å². The van der Waals surface area contributed by atoms with Crippen molar-refractivity contribution in [3.8, 4) is 6.07 Å². The molecule has 5 heteroatoms. The molecule has 0 spiro atoms. The van der Waals surface area contributed by atoms with Crippen molar-refractivity contribution in [2.45, 2.75) is 6.54 Å². The van der Waals surface area contributed by atoms with Crippen molar-refractivity contribution >= 4 is 5.69 Å². The minimum absolute atomic E-state index is 0.00387. The molecular formula is C14H9F3N2. The number of hydrogen-bond acceptors (Lipinski definition) is 2. The van der Waals surface area contributed by atoms with Crippen molar-refractivity contribution in [2.24, 2.45) is 0 Å². The van der Waals surface area contributed by atoms with E-state index in [1.54, 1.807) is 12.1 Å². The molecule has 0 amide bonds. The van der Waals surface area contributed by atoms with E-state index in [0.717, 1.165) is 12.1 Å². The Kier molecular flexibility index (Phi) is 3.71. The summed E-state index contributed by atoms with van der Waals surface area (Å²) in [6.45, 7) is 0.00387. The molecule has 19 heavy (non-hydrogen) atoms. The SMILES string of the molecule is N#Cc1cccc(CNc2ccc(F)cc2F)c1F. The Hall–Kier alpha value is -2.48. The first-order valence-corrected chi connectivity index (χ1v) is 5.48. The van der Waals surface area contributed by atoms with Gasteiger partial charge >= 0.3 is 0 Å². The zero-order valence-corrected chi connectivity index (χ0v) is 9.75. The van der Waals surface area contributed by atoms with E-state index in [1.165, 1.54) is 18.2 Å². The van der Waals surface area contributed by atoms with Crippen molar-refractivity contribution in [3.63, 3.8) is 0 Å². The van der Waals surface area contributed by atoms with E-state index < -0.39 is 17.5 Å². The number of nitrogens with zero attached hydrogens (tertiary/aromatic N) is 1. The lowest BCUT2D eigenvalue weighted by atomic mass is 10.1. The predicted octanol–water partition coefficient (Wildman–Crippen LogP) is 3.59. The van der Waals surface area contributed by atoms with Crippen LogP contribution in [0.2, 0.25) is 0 Å². The number of nitriles is 1. The van der Waals surface area contributed by atoms with Gasteiger partial charge in [-0.15, -0.1) is 0 Å². The molecule has 0 radical (unpaired) electrons. The topological polar surface area (TPSA) is 35.8 Å². The molecule has 0 aliphatic carbocycles. The maximum atomic E-state index is 13.7. The molecule has 0 aromatic heterocycles. The molecule has 0 fully saturated rings. The maximum absolute atomic E-state index is 13.7. The Labute approximate surface area is 108 Å². The van der Waals surface area contributed by atoms with Crippen LogP contribution in [0.3, 0.4) is 0 Å². The Bertz CT molecular complexity index is 648. The van der Waals surface area contributed by atoms with Gasteiger partial charge in [-0.25, -0.2) is 13.2 Å². The van der Waals surface area contributed by atoms with Gasteiger partial charge in [-0.3, -0.25) is 0 Å². The molecule has 0 unspecified atom stereocenters. The van der Waals surface area contributed by atoms with E-state index in [9.17, 15) is 13.2 Å². The maximum Gasteiger partial charge on any atom is 0.149 e. The summed E-state index contributed by atoms with van der Waals surface area (Å²) in [6, 6.07) is 9.19. The fourth-order valence-electron chi connectivity index (χ4n) is 1.63. The molecule has 2 aromatic carbocycles. The van der Waals surface area contributed by atoms with E-state index >= 15 is 0 Å². The summed E-state index contributed by atoms with van der Waals surface area (Å²) >= 11 is 0. The van der Waals surface area contributed by atoms with E-state index in [2.05, 4.69) is 5.32 Å². The summed E-state index contributed by atoms with van der Waals surface area (Å²) in [5.41, 5.74) is 0.241. The number of benzene rings is 2. The predicted molar refractivity (Wildman–Crippen MR) is 64.8 cm³/mol. The normalized spacial score (nSPS) is 10.0.